The number of esters is 3. The van der Waals surface area contributed by atoms with Gasteiger partial charge in [-0.2, -0.15) is 0 Å². The van der Waals surface area contributed by atoms with Gasteiger partial charge in [-0.3, -0.25) is 4.79 Å². The lowest BCUT2D eigenvalue weighted by Crippen LogP contribution is -2.50. The van der Waals surface area contributed by atoms with Crippen LogP contribution in [0.4, 0.5) is 0 Å². The Labute approximate surface area is 337 Å². The first-order valence-corrected chi connectivity index (χ1v) is 20.7. The summed E-state index contributed by atoms with van der Waals surface area (Å²) in [6, 6.07) is 12.9. The smallest absolute Gasteiger partial charge is 0.384 e. The average molecular weight is 779 g/mol. The molecule has 2 aromatic rings. The van der Waals surface area contributed by atoms with Gasteiger partial charge in [-0.25, -0.2) is 9.59 Å². The van der Waals surface area contributed by atoms with E-state index in [1.54, 1.807) is 0 Å². The van der Waals surface area contributed by atoms with Gasteiger partial charge in [0.25, 0.3) is 0 Å². The topological polar surface area (TPSA) is 140 Å². The third kappa shape index (κ3) is 6.98. The van der Waals surface area contributed by atoms with Crippen LogP contribution in [0.1, 0.15) is 142 Å². The molecule has 12 atom stereocenters. The molecule has 4 fully saturated rings. The van der Waals surface area contributed by atoms with Crippen LogP contribution in [0.2, 0.25) is 0 Å². The van der Waals surface area contributed by atoms with Gasteiger partial charge in [0, 0.05) is 29.6 Å². The number of carbonyl (C=O) groups is 3. The number of aliphatic hydroxyl groups excluding tert-OH is 1. The normalized spacial score (nSPS) is 37.9. The third-order valence-electron chi connectivity index (χ3n) is 15.6. The molecule has 0 heterocycles. The Bertz CT molecular complexity index is 2070. The van der Waals surface area contributed by atoms with Gasteiger partial charge >= 0.3 is 17.9 Å². The van der Waals surface area contributed by atoms with E-state index in [1.165, 1.54) is 43.4 Å². The van der Waals surface area contributed by atoms with E-state index in [0.29, 0.717) is 36.5 Å². The minimum atomic E-state index is -1.21. The van der Waals surface area contributed by atoms with Gasteiger partial charge in [0.05, 0.1) is 20.3 Å². The van der Waals surface area contributed by atoms with Crippen molar-refractivity contribution < 1.29 is 43.9 Å². The lowest BCUT2D eigenvalue weighted by molar-refractivity contribution is -0.150. The van der Waals surface area contributed by atoms with E-state index in [0.717, 1.165) is 62.5 Å². The molecule has 0 aromatic heterocycles. The standard InChI is InChI=1S/C25H30O5.C23H28O4/c1-15-5-6-17-18-7-10-24(3)21(8-11-25(24,28)12-9-23(27)29-4)19(18)14-22(20(17)13-15)30-16(2)26;1-14-4-5-15-16-6-9-22(2)19(17(16)13-20(24)18(15)12-14)7-10-23(22,26)11-8-21(25)27-3/h5-6,13,18-19,21-22,28H,7-8,10-11,14H2,1-4H3;4-5,12,16-17,19-20,24,26H,6-7,9-10,13H2,1-3H3/t18-,19-,21+,22-,24+,25-;16-,17-,19+,20-,22+,23-/m11/s1. The molecule has 57 heavy (non-hydrogen) atoms. The number of rotatable bonds is 1. The lowest BCUT2D eigenvalue weighted by atomic mass is 9.53. The van der Waals surface area contributed by atoms with Crippen molar-refractivity contribution in [2.75, 3.05) is 14.2 Å². The van der Waals surface area contributed by atoms with Crippen molar-refractivity contribution in [2.45, 2.75) is 134 Å². The molecule has 3 N–H and O–H groups in total. The molecule has 9 nitrogen and oxygen atoms in total. The quantitative estimate of drug-likeness (QED) is 0.120. The molecule has 6 aliphatic carbocycles. The summed E-state index contributed by atoms with van der Waals surface area (Å²) in [5, 5.41) is 33.6. The van der Waals surface area contributed by atoms with Crippen molar-refractivity contribution in [3.05, 3.63) is 69.8 Å². The van der Waals surface area contributed by atoms with Gasteiger partial charge in [0.2, 0.25) is 0 Å². The maximum Gasteiger partial charge on any atom is 0.384 e. The molecule has 0 amide bonds. The predicted octanol–water partition coefficient (Wildman–Crippen LogP) is 7.07. The Balaban J connectivity index is 0.000000175. The molecule has 8 rings (SSSR count). The summed E-state index contributed by atoms with van der Waals surface area (Å²) in [7, 11) is 2.59. The van der Waals surface area contributed by atoms with Crippen LogP contribution in [0.15, 0.2) is 36.4 Å². The second-order valence-corrected chi connectivity index (χ2v) is 18.3. The van der Waals surface area contributed by atoms with Crippen molar-refractivity contribution in [2.24, 2.45) is 34.5 Å². The van der Waals surface area contributed by atoms with E-state index >= 15 is 0 Å². The van der Waals surface area contributed by atoms with Crippen molar-refractivity contribution >= 4 is 17.9 Å². The molecule has 0 unspecified atom stereocenters. The molecule has 6 aliphatic rings. The number of benzene rings is 2. The highest BCUT2D eigenvalue weighted by atomic mass is 16.5. The summed E-state index contributed by atoms with van der Waals surface area (Å²) in [6.07, 6.45) is 7.27. The van der Waals surface area contributed by atoms with E-state index in [9.17, 15) is 29.7 Å². The van der Waals surface area contributed by atoms with Crippen molar-refractivity contribution in [1.82, 2.24) is 0 Å². The van der Waals surface area contributed by atoms with E-state index < -0.39 is 34.7 Å². The van der Waals surface area contributed by atoms with Crippen LogP contribution in [0, 0.1) is 72.0 Å². The van der Waals surface area contributed by atoms with Crippen LogP contribution in [0.3, 0.4) is 0 Å². The second-order valence-electron chi connectivity index (χ2n) is 18.3. The number of hydrogen-bond donors (Lipinski definition) is 3. The number of carbonyl (C=O) groups excluding carboxylic acids is 3. The van der Waals surface area contributed by atoms with E-state index in [2.05, 4.69) is 97.2 Å². The summed E-state index contributed by atoms with van der Waals surface area (Å²) in [4.78, 5) is 34.8. The number of ether oxygens (including phenoxy) is 3. The minimum absolute atomic E-state index is 0.251. The fourth-order valence-electron chi connectivity index (χ4n) is 12.6. The molecule has 0 saturated heterocycles. The zero-order chi connectivity index (χ0) is 41.1. The van der Waals surface area contributed by atoms with Gasteiger partial charge in [0.1, 0.15) is 17.3 Å². The Hall–Kier alpha value is -4.15. The molecule has 0 aliphatic heterocycles. The average Bonchev–Trinajstić information content (AvgIpc) is 3.61. The highest BCUT2D eigenvalue weighted by Gasteiger charge is 2.63. The first-order valence-electron chi connectivity index (χ1n) is 20.7. The Kier molecular flexibility index (Phi) is 11.0. The zero-order valence-electron chi connectivity index (χ0n) is 34.4. The Morgan fingerprint density at radius 2 is 1.12 bits per heavy atom. The van der Waals surface area contributed by atoms with Gasteiger partial charge in [0.15, 0.2) is 0 Å². The summed E-state index contributed by atoms with van der Waals surface area (Å²) < 4.78 is 15.0. The first-order chi connectivity index (χ1) is 27.0. The maximum atomic E-state index is 11.8. The molecule has 4 saturated carbocycles. The van der Waals surface area contributed by atoms with Crippen LogP contribution in [0.25, 0.3) is 0 Å². The first kappa shape index (κ1) is 41.0. The fraction of sp³-hybridized carbons (Fsp3) is 0.604. The zero-order valence-corrected chi connectivity index (χ0v) is 34.4. The van der Waals surface area contributed by atoms with Gasteiger partial charge in [-0.05, 0) is 136 Å². The predicted molar refractivity (Wildman–Crippen MR) is 213 cm³/mol. The van der Waals surface area contributed by atoms with E-state index in [1.807, 2.05) is 0 Å². The lowest BCUT2D eigenvalue weighted by Gasteiger charge is -2.53. The van der Waals surface area contributed by atoms with E-state index in [-0.39, 0.29) is 29.3 Å². The van der Waals surface area contributed by atoms with Gasteiger partial charge < -0.3 is 29.5 Å². The van der Waals surface area contributed by atoms with Crippen LogP contribution in [-0.4, -0.2) is 58.6 Å². The molecule has 0 bridgehead atoms. The van der Waals surface area contributed by atoms with Crippen LogP contribution >= 0.6 is 0 Å². The van der Waals surface area contributed by atoms with Crippen molar-refractivity contribution in [3.8, 4) is 23.7 Å². The van der Waals surface area contributed by atoms with Gasteiger partial charge in [-0.1, -0.05) is 73.2 Å². The molecule has 0 spiro atoms. The molecule has 2 aromatic carbocycles. The summed E-state index contributed by atoms with van der Waals surface area (Å²) in [5.74, 6) is 11.1. The van der Waals surface area contributed by atoms with Crippen molar-refractivity contribution in [1.29, 1.82) is 0 Å². The molecular formula is C48H58O9. The second kappa shape index (κ2) is 15.2. The number of aliphatic hydroxyl groups is 3. The number of aryl methyl sites for hydroxylation is 2. The molecule has 304 valence electrons. The number of methoxy groups -OCH3 is 2. The highest BCUT2D eigenvalue weighted by molar-refractivity contribution is 5.89. The largest absolute Gasteiger partial charge is 0.459 e. The maximum absolute atomic E-state index is 11.8. The van der Waals surface area contributed by atoms with E-state index in [4.69, 9.17) is 4.74 Å². The third-order valence-corrected chi connectivity index (χ3v) is 15.6. The monoisotopic (exact) mass is 778 g/mol. The number of hydrogen-bond acceptors (Lipinski definition) is 9. The molecule has 0 radical (unpaired) electrons. The van der Waals surface area contributed by atoms with Crippen molar-refractivity contribution in [3.63, 3.8) is 0 Å². The Morgan fingerprint density at radius 1 is 0.667 bits per heavy atom. The summed E-state index contributed by atoms with van der Waals surface area (Å²) in [6.45, 7) is 9.81. The molecular weight excluding hydrogens is 721 g/mol. The van der Waals surface area contributed by atoms with Crippen LogP contribution in [-0.2, 0) is 28.6 Å². The van der Waals surface area contributed by atoms with Gasteiger partial charge in [-0.15, -0.1) is 0 Å². The molecule has 9 heteroatoms. The highest BCUT2D eigenvalue weighted by Crippen LogP contribution is 2.66. The summed E-state index contributed by atoms with van der Waals surface area (Å²) in [5.41, 5.74) is 3.97. The fourth-order valence-corrected chi connectivity index (χ4v) is 12.6. The van der Waals surface area contributed by atoms with Crippen LogP contribution < -0.4 is 0 Å². The Morgan fingerprint density at radius 3 is 1.60 bits per heavy atom. The number of fused-ring (bicyclic) bond motifs is 10. The summed E-state index contributed by atoms with van der Waals surface area (Å²) >= 11 is 0. The minimum Gasteiger partial charge on any atom is -0.459 e. The SMILES string of the molecule is COC(=O)C#C[C@]1(O)CC[C@H]2[C@@H]3C[C@@H](O)c4cc(C)ccc4[C@H]3CC[C@@]21C.COC(=O)C#C[C@]1(O)CC[C@H]2[C@@H]3C[C@@H](OC(C)=O)c4cc(C)ccc4[C@H]3CC[C@@]21C. The van der Waals surface area contributed by atoms with Crippen LogP contribution in [0.5, 0.6) is 0 Å².